The highest BCUT2D eigenvalue weighted by Crippen LogP contribution is 2.19. The van der Waals surface area contributed by atoms with E-state index in [1.54, 1.807) is 31.2 Å². The summed E-state index contributed by atoms with van der Waals surface area (Å²) >= 11 is 0. The van der Waals surface area contributed by atoms with Gasteiger partial charge in [-0.15, -0.1) is 0 Å². The minimum Gasteiger partial charge on any atom is -0.481 e. The second-order valence-corrected chi connectivity index (χ2v) is 5.02. The molecule has 24 heavy (non-hydrogen) atoms. The molecule has 9 heteroatoms. The van der Waals surface area contributed by atoms with Gasteiger partial charge in [0, 0.05) is 18.7 Å². The molecule has 9 nitrogen and oxygen atoms in total. The molecular formula is C15H16N4O5. The summed E-state index contributed by atoms with van der Waals surface area (Å²) < 4.78 is 1.32. The molecule has 1 aromatic carbocycles. The van der Waals surface area contributed by atoms with Crippen LogP contribution >= 0.6 is 0 Å². The average Bonchev–Trinajstić information content (AvgIpc) is 2.98. The zero-order valence-corrected chi connectivity index (χ0v) is 12.9. The number of nitrogens with zero attached hydrogens (tertiary/aromatic N) is 3. The summed E-state index contributed by atoms with van der Waals surface area (Å²) in [5, 5.41) is 26.2. The Morgan fingerprint density at radius 2 is 2.17 bits per heavy atom. The van der Waals surface area contributed by atoms with Crippen LogP contribution in [0.5, 0.6) is 0 Å². The maximum atomic E-state index is 12.3. The average molecular weight is 332 g/mol. The van der Waals surface area contributed by atoms with Crippen molar-refractivity contribution in [3.63, 3.8) is 0 Å². The van der Waals surface area contributed by atoms with E-state index in [1.165, 1.54) is 10.9 Å². The van der Waals surface area contributed by atoms with E-state index in [1.807, 2.05) is 0 Å². The standard InChI is InChI=1S/C15H16N4O5/c1-2-18-9-12(19(23)24)14(17-18)15(22)16-11-5-3-4-10(8-11)6-7-13(20)21/h3-5,8-9H,2,6-7H2,1H3,(H,16,22)(H,20,21). The normalized spacial score (nSPS) is 10.4. The van der Waals surface area contributed by atoms with E-state index < -0.39 is 16.8 Å². The third kappa shape index (κ3) is 4.15. The number of nitro groups is 1. The van der Waals surface area contributed by atoms with Crippen molar-refractivity contribution in [1.29, 1.82) is 0 Å². The molecule has 0 unspecified atom stereocenters. The second-order valence-electron chi connectivity index (χ2n) is 5.02. The molecule has 0 bridgehead atoms. The molecule has 0 saturated carbocycles. The van der Waals surface area contributed by atoms with Crippen molar-refractivity contribution in [2.24, 2.45) is 0 Å². The van der Waals surface area contributed by atoms with Gasteiger partial charge in [0.25, 0.3) is 5.91 Å². The van der Waals surface area contributed by atoms with Crippen molar-refractivity contribution in [3.05, 3.63) is 51.8 Å². The second kappa shape index (κ2) is 7.36. The lowest BCUT2D eigenvalue weighted by molar-refractivity contribution is -0.385. The number of carbonyl (C=O) groups is 2. The fourth-order valence-electron chi connectivity index (χ4n) is 2.11. The first-order chi connectivity index (χ1) is 11.4. The Bertz CT molecular complexity index is 784. The van der Waals surface area contributed by atoms with Crippen molar-refractivity contribution in [2.75, 3.05) is 5.32 Å². The lowest BCUT2D eigenvalue weighted by atomic mass is 10.1. The molecule has 1 amide bonds. The van der Waals surface area contributed by atoms with E-state index in [0.717, 1.165) is 5.56 Å². The molecule has 0 aliphatic heterocycles. The molecule has 0 aliphatic carbocycles. The van der Waals surface area contributed by atoms with Gasteiger partial charge in [-0.25, -0.2) is 0 Å². The molecule has 0 fully saturated rings. The van der Waals surface area contributed by atoms with Gasteiger partial charge in [-0.1, -0.05) is 12.1 Å². The van der Waals surface area contributed by atoms with Crippen LogP contribution in [0.2, 0.25) is 0 Å². The number of carbonyl (C=O) groups excluding carboxylic acids is 1. The van der Waals surface area contributed by atoms with Gasteiger partial charge in [0.05, 0.1) is 4.92 Å². The van der Waals surface area contributed by atoms with E-state index in [0.29, 0.717) is 18.7 Å². The fourth-order valence-corrected chi connectivity index (χ4v) is 2.11. The Labute approximate surface area is 137 Å². The van der Waals surface area contributed by atoms with Crippen molar-refractivity contribution in [3.8, 4) is 0 Å². The topological polar surface area (TPSA) is 127 Å². The monoisotopic (exact) mass is 332 g/mol. The largest absolute Gasteiger partial charge is 0.481 e. The molecule has 0 atom stereocenters. The van der Waals surface area contributed by atoms with Gasteiger partial charge >= 0.3 is 11.7 Å². The summed E-state index contributed by atoms with van der Waals surface area (Å²) in [5.41, 5.74) is 0.529. The van der Waals surface area contributed by atoms with Crippen molar-refractivity contribution >= 4 is 23.3 Å². The van der Waals surface area contributed by atoms with E-state index in [9.17, 15) is 19.7 Å². The molecule has 2 rings (SSSR count). The minimum absolute atomic E-state index is 0.0240. The van der Waals surface area contributed by atoms with Gasteiger partial charge < -0.3 is 10.4 Å². The first-order valence-corrected chi connectivity index (χ1v) is 7.24. The molecule has 0 spiro atoms. The summed E-state index contributed by atoms with van der Waals surface area (Å²) in [4.78, 5) is 33.2. The number of carboxylic acid groups (broad SMARTS) is 1. The summed E-state index contributed by atoms with van der Waals surface area (Å²) in [6.45, 7) is 2.16. The highest BCUT2D eigenvalue weighted by atomic mass is 16.6. The number of benzene rings is 1. The van der Waals surface area contributed by atoms with E-state index in [2.05, 4.69) is 10.4 Å². The number of aliphatic carboxylic acids is 1. The van der Waals surface area contributed by atoms with Gasteiger partial charge in [0.2, 0.25) is 5.69 Å². The van der Waals surface area contributed by atoms with Crippen LogP contribution in [0.15, 0.2) is 30.5 Å². The highest BCUT2D eigenvalue weighted by molar-refractivity contribution is 6.05. The molecule has 0 aliphatic rings. The molecule has 1 aromatic heterocycles. The number of rotatable bonds is 7. The maximum absolute atomic E-state index is 12.3. The first-order valence-electron chi connectivity index (χ1n) is 7.24. The summed E-state index contributed by atoms with van der Waals surface area (Å²) in [6, 6.07) is 6.66. The molecule has 0 radical (unpaired) electrons. The van der Waals surface area contributed by atoms with Crippen LogP contribution < -0.4 is 5.32 Å². The Kier molecular flexibility index (Phi) is 5.25. The maximum Gasteiger partial charge on any atom is 0.320 e. The van der Waals surface area contributed by atoms with Crippen LogP contribution in [0, 0.1) is 10.1 Å². The van der Waals surface area contributed by atoms with Crippen LogP contribution in [0.4, 0.5) is 11.4 Å². The summed E-state index contributed by atoms with van der Waals surface area (Å²) in [7, 11) is 0. The van der Waals surface area contributed by atoms with Crippen molar-refractivity contribution in [1.82, 2.24) is 9.78 Å². The Hall–Kier alpha value is -3.23. The molecule has 1 heterocycles. The predicted molar refractivity (Wildman–Crippen MR) is 84.9 cm³/mol. The number of carboxylic acids is 1. The molecule has 126 valence electrons. The molecular weight excluding hydrogens is 316 g/mol. The third-order valence-electron chi connectivity index (χ3n) is 3.29. The van der Waals surface area contributed by atoms with Crippen LogP contribution in [0.1, 0.15) is 29.4 Å². The first kappa shape index (κ1) is 17.1. The predicted octanol–water partition coefficient (Wildman–Crippen LogP) is 2.08. The van der Waals surface area contributed by atoms with Gasteiger partial charge in [-0.05, 0) is 31.0 Å². The Morgan fingerprint density at radius 3 is 2.79 bits per heavy atom. The molecule has 0 saturated heterocycles. The number of hydrogen-bond donors (Lipinski definition) is 2. The van der Waals surface area contributed by atoms with Gasteiger partial charge in [-0.2, -0.15) is 5.10 Å². The number of aromatic nitrogens is 2. The zero-order valence-electron chi connectivity index (χ0n) is 12.9. The number of aryl methyl sites for hydroxylation is 2. The minimum atomic E-state index is -0.912. The SMILES string of the molecule is CCn1cc([N+](=O)[O-])c(C(=O)Nc2cccc(CCC(=O)O)c2)n1. The quantitative estimate of drug-likeness (QED) is 0.590. The number of hydrogen-bond acceptors (Lipinski definition) is 5. The number of nitrogens with one attached hydrogen (secondary N) is 1. The van der Waals surface area contributed by atoms with E-state index in [-0.39, 0.29) is 17.8 Å². The lowest BCUT2D eigenvalue weighted by Gasteiger charge is -2.05. The van der Waals surface area contributed by atoms with Crippen molar-refractivity contribution < 1.29 is 19.6 Å². The smallest absolute Gasteiger partial charge is 0.320 e. The number of anilines is 1. The van der Waals surface area contributed by atoms with Gasteiger partial charge in [0.15, 0.2) is 0 Å². The number of amides is 1. The van der Waals surface area contributed by atoms with Gasteiger partial charge in [0.1, 0.15) is 6.20 Å². The Balaban J connectivity index is 2.18. The molecule has 2 aromatic rings. The third-order valence-corrected chi connectivity index (χ3v) is 3.29. The van der Waals surface area contributed by atoms with Crippen LogP contribution in [0.3, 0.4) is 0 Å². The molecule has 2 N–H and O–H groups in total. The summed E-state index contributed by atoms with van der Waals surface area (Å²) in [6.07, 6.45) is 1.51. The summed E-state index contributed by atoms with van der Waals surface area (Å²) in [5.74, 6) is -1.60. The Morgan fingerprint density at radius 1 is 1.42 bits per heavy atom. The lowest BCUT2D eigenvalue weighted by Crippen LogP contribution is -2.15. The highest BCUT2D eigenvalue weighted by Gasteiger charge is 2.25. The van der Waals surface area contributed by atoms with E-state index in [4.69, 9.17) is 5.11 Å². The van der Waals surface area contributed by atoms with Crippen LogP contribution in [-0.4, -0.2) is 31.7 Å². The van der Waals surface area contributed by atoms with Crippen LogP contribution in [-0.2, 0) is 17.8 Å². The van der Waals surface area contributed by atoms with Crippen molar-refractivity contribution in [2.45, 2.75) is 26.3 Å². The van der Waals surface area contributed by atoms with E-state index >= 15 is 0 Å². The zero-order chi connectivity index (χ0) is 17.7. The van der Waals surface area contributed by atoms with Crippen LogP contribution in [0.25, 0.3) is 0 Å². The van der Waals surface area contributed by atoms with Gasteiger partial charge in [-0.3, -0.25) is 24.4 Å². The fraction of sp³-hybridized carbons (Fsp3) is 0.267.